The number of nitrogens with zero attached hydrogens (tertiary/aromatic N) is 3. The van der Waals surface area contributed by atoms with Gasteiger partial charge in [-0.2, -0.15) is 5.26 Å². The van der Waals surface area contributed by atoms with Gasteiger partial charge >= 0.3 is 6.09 Å². The molecule has 174 valence electrons. The van der Waals surface area contributed by atoms with Crippen molar-refractivity contribution in [3.05, 3.63) is 23.9 Å². The van der Waals surface area contributed by atoms with Gasteiger partial charge in [0.2, 0.25) is 5.91 Å². The Bertz CT molecular complexity index is 969. The number of hydrogen-bond donors (Lipinski definition) is 2. The number of ether oxygens (including phenoxy) is 1. The Hall–Kier alpha value is -2.82. The highest BCUT2D eigenvalue weighted by atomic mass is 16.6. The molecular weight excluding hydrogens is 418 g/mol. The van der Waals surface area contributed by atoms with Crippen LogP contribution < -0.4 is 10.6 Å². The normalized spacial score (nSPS) is 36.3. The lowest BCUT2D eigenvalue weighted by Gasteiger charge is -2.58. The van der Waals surface area contributed by atoms with Crippen LogP contribution in [-0.2, 0) is 9.53 Å². The van der Waals surface area contributed by atoms with Crippen molar-refractivity contribution in [3.8, 4) is 6.07 Å². The molecule has 1 aliphatic heterocycles. The van der Waals surface area contributed by atoms with E-state index in [2.05, 4.69) is 21.7 Å². The molecule has 4 bridgehead atoms. The summed E-state index contributed by atoms with van der Waals surface area (Å²) in [5.74, 6) is 2.20. The summed E-state index contributed by atoms with van der Waals surface area (Å²) in [4.78, 5) is 32.1. The Morgan fingerprint density at radius 1 is 1.12 bits per heavy atom. The summed E-state index contributed by atoms with van der Waals surface area (Å²) < 4.78 is 6.13. The van der Waals surface area contributed by atoms with Crippen LogP contribution in [0.15, 0.2) is 18.3 Å². The Morgan fingerprint density at radius 2 is 1.91 bits per heavy atom. The second-order valence-corrected chi connectivity index (χ2v) is 11.0. The van der Waals surface area contributed by atoms with Crippen LogP contribution in [0.2, 0.25) is 0 Å². The molecule has 6 aliphatic rings. The third-order valence-electron chi connectivity index (χ3n) is 8.51. The van der Waals surface area contributed by atoms with E-state index in [1.807, 2.05) is 0 Å². The van der Waals surface area contributed by atoms with Crippen LogP contribution >= 0.6 is 0 Å². The van der Waals surface area contributed by atoms with Gasteiger partial charge in [-0.25, -0.2) is 9.78 Å². The van der Waals surface area contributed by atoms with Crippen LogP contribution in [0, 0.1) is 34.5 Å². The van der Waals surface area contributed by atoms with Crippen LogP contribution in [0.1, 0.15) is 56.9 Å². The third-order valence-corrected chi connectivity index (χ3v) is 8.51. The molecule has 1 aromatic rings. The highest BCUT2D eigenvalue weighted by Crippen LogP contribution is 2.61. The molecule has 33 heavy (non-hydrogen) atoms. The summed E-state index contributed by atoms with van der Waals surface area (Å²) in [5, 5.41) is 15.5. The van der Waals surface area contributed by atoms with Crippen molar-refractivity contribution in [2.45, 2.75) is 69.6 Å². The van der Waals surface area contributed by atoms with Gasteiger partial charge in [0.25, 0.3) is 0 Å². The first kappa shape index (κ1) is 20.8. The second-order valence-electron chi connectivity index (χ2n) is 11.0. The lowest BCUT2D eigenvalue weighted by molar-refractivity contribution is -0.164. The van der Waals surface area contributed by atoms with Crippen molar-refractivity contribution >= 4 is 17.8 Å². The quantitative estimate of drug-likeness (QED) is 0.715. The Labute approximate surface area is 194 Å². The average molecular weight is 450 g/mol. The number of carbonyl (C=O) groups is 2. The first-order valence-electron chi connectivity index (χ1n) is 12.4. The van der Waals surface area contributed by atoms with Gasteiger partial charge in [-0.15, -0.1) is 0 Å². The smallest absolute Gasteiger partial charge is 0.410 e. The van der Waals surface area contributed by atoms with E-state index in [0.29, 0.717) is 48.3 Å². The predicted molar refractivity (Wildman–Crippen MR) is 120 cm³/mol. The average Bonchev–Trinajstić information content (AvgIpc) is 3.50. The van der Waals surface area contributed by atoms with Gasteiger partial charge in [-0.05, 0) is 81.3 Å². The van der Waals surface area contributed by atoms with Gasteiger partial charge < -0.3 is 20.3 Å². The third kappa shape index (κ3) is 3.92. The molecule has 2 amide bonds. The minimum atomic E-state index is -0.223. The summed E-state index contributed by atoms with van der Waals surface area (Å²) in [6.07, 6.45) is 9.26. The highest BCUT2D eigenvalue weighted by Gasteiger charge is 2.60. The maximum absolute atomic E-state index is 13.1. The zero-order valence-electron chi connectivity index (χ0n) is 18.8. The molecular formula is C25H31N5O3. The van der Waals surface area contributed by atoms with Gasteiger partial charge in [-0.1, -0.05) is 0 Å². The minimum absolute atomic E-state index is 0.0527. The van der Waals surface area contributed by atoms with E-state index in [9.17, 15) is 9.59 Å². The van der Waals surface area contributed by atoms with Crippen molar-refractivity contribution in [1.29, 1.82) is 5.26 Å². The number of hydrogen-bond acceptors (Lipinski definition) is 6. The molecule has 2 N–H and O–H groups in total. The highest BCUT2D eigenvalue weighted by molar-refractivity contribution is 5.83. The number of nitriles is 1. The Kier molecular flexibility index (Phi) is 4.97. The predicted octanol–water partition coefficient (Wildman–Crippen LogP) is 3.05. The number of likely N-dealkylation sites (tertiary alicyclic amines) is 1. The standard InChI is InChI=1S/C25H31N5O3/c26-12-15-1-4-21(27-13-15)28-20-5-6-30(14-20)24(32)33-22-17-7-16-8-18(22)11-25(9-16,10-17)23(31)29-19-2-3-19/h1,4,13,16-20,22H,2-3,5-11,14H2,(H,27,28)(H,29,31). The van der Waals surface area contributed by atoms with E-state index in [1.165, 1.54) is 0 Å². The van der Waals surface area contributed by atoms with Crippen LogP contribution in [-0.4, -0.2) is 53.2 Å². The summed E-state index contributed by atoms with van der Waals surface area (Å²) in [7, 11) is 0. The fraction of sp³-hybridized carbons (Fsp3) is 0.680. The summed E-state index contributed by atoms with van der Waals surface area (Å²) in [6, 6.07) is 6.11. The fourth-order valence-electron chi connectivity index (χ4n) is 7.00. The van der Waals surface area contributed by atoms with Crippen molar-refractivity contribution in [2.75, 3.05) is 18.4 Å². The van der Waals surface area contributed by atoms with Crippen molar-refractivity contribution in [1.82, 2.24) is 15.2 Å². The maximum Gasteiger partial charge on any atom is 0.410 e. The molecule has 5 saturated carbocycles. The second kappa shape index (κ2) is 7.89. The minimum Gasteiger partial charge on any atom is -0.446 e. The number of nitrogens with one attached hydrogen (secondary N) is 2. The van der Waals surface area contributed by atoms with Gasteiger partial charge in [-0.3, -0.25) is 4.79 Å². The van der Waals surface area contributed by atoms with Crippen LogP contribution in [0.5, 0.6) is 0 Å². The van der Waals surface area contributed by atoms with E-state index in [1.54, 1.807) is 23.2 Å². The molecule has 1 aromatic heterocycles. The first-order chi connectivity index (χ1) is 16.0. The number of carbonyl (C=O) groups excluding carboxylic acids is 2. The molecule has 7 rings (SSSR count). The monoisotopic (exact) mass is 449 g/mol. The molecule has 5 aliphatic carbocycles. The van der Waals surface area contributed by atoms with Crippen molar-refractivity contribution in [2.24, 2.45) is 23.2 Å². The number of aromatic nitrogens is 1. The van der Waals surface area contributed by atoms with E-state index in [4.69, 9.17) is 10.00 Å². The molecule has 3 unspecified atom stereocenters. The largest absolute Gasteiger partial charge is 0.446 e. The SMILES string of the molecule is N#Cc1ccc(NC2CCN(C(=O)OC3C4CC5CC3CC(C(=O)NC3CC3)(C5)C4)C2)nc1. The Balaban J connectivity index is 1.05. The van der Waals surface area contributed by atoms with Crippen LogP contribution in [0.4, 0.5) is 10.6 Å². The number of amides is 2. The van der Waals surface area contributed by atoms with Crippen LogP contribution in [0.3, 0.4) is 0 Å². The first-order valence-corrected chi connectivity index (χ1v) is 12.4. The fourth-order valence-corrected chi connectivity index (χ4v) is 7.00. The topological polar surface area (TPSA) is 107 Å². The Morgan fingerprint density at radius 3 is 2.58 bits per heavy atom. The summed E-state index contributed by atoms with van der Waals surface area (Å²) >= 11 is 0. The van der Waals surface area contributed by atoms with Gasteiger partial charge in [0.15, 0.2) is 0 Å². The molecule has 8 nitrogen and oxygen atoms in total. The molecule has 0 spiro atoms. The molecule has 0 radical (unpaired) electrons. The summed E-state index contributed by atoms with van der Waals surface area (Å²) in [6.45, 7) is 1.24. The van der Waals surface area contributed by atoms with E-state index in [-0.39, 0.29) is 29.6 Å². The van der Waals surface area contributed by atoms with E-state index >= 15 is 0 Å². The number of anilines is 1. The van der Waals surface area contributed by atoms with Crippen molar-refractivity contribution in [3.63, 3.8) is 0 Å². The van der Waals surface area contributed by atoms with Gasteiger partial charge in [0.1, 0.15) is 18.0 Å². The summed E-state index contributed by atoms with van der Waals surface area (Å²) in [5.41, 5.74) is 0.304. The molecule has 2 heterocycles. The van der Waals surface area contributed by atoms with Gasteiger partial charge in [0, 0.05) is 31.4 Å². The molecule has 6 fully saturated rings. The van der Waals surface area contributed by atoms with E-state index < -0.39 is 0 Å². The van der Waals surface area contributed by atoms with Crippen molar-refractivity contribution < 1.29 is 14.3 Å². The zero-order chi connectivity index (χ0) is 22.6. The van der Waals surface area contributed by atoms with Gasteiger partial charge in [0.05, 0.1) is 11.0 Å². The zero-order valence-corrected chi connectivity index (χ0v) is 18.8. The lowest BCUT2D eigenvalue weighted by Crippen LogP contribution is -2.59. The number of rotatable bonds is 5. The lowest BCUT2D eigenvalue weighted by atomic mass is 9.48. The van der Waals surface area contributed by atoms with E-state index in [0.717, 1.165) is 51.4 Å². The molecule has 3 atom stereocenters. The molecule has 8 heteroatoms. The molecule has 1 saturated heterocycles. The number of pyridine rings is 1. The molecule has 0 aromatic carbocycles. The van der Waals surface area contributed by atoms with Crippen LogP contribution in [0.25, 0.3) is 0 Å². The maximum atomic E-state index is 13.1.